The molecule has 0 spiro atoms. The highest BCUT2D eigenvalue weighted by Gasteiger charge is 2.24. The summed E-state index contributed by atoms with van der Waals surface area (Å²) in [5.41, 5.74) is 1.95. The highest BCUT2D eigenvalue weighted by molar-refractivity contribution is 5.86. The maximum atomic E-state index is 13.9. The highest BCUT2D eigenvalue weighted by Crippen LogP contribution is 2.31. The molecule has 10 heteroatoms. The quantitative estimate of drug-likeness (QED) is 0.149. The van der Waals surface area contributed by atoms with Gasteiger partial charge in [0.05, 0.1) is 12.3 Å². The Labute approximate surface area is 201 Å². The second kappa shape index (κ2) is 14.5. The van der Waals surface area contributed by atoms with E-state index < -0.39 is 29.7 Å². The number of rotatable bonds is 12. The van der Waals surface area contributed by atoms with Gasteiger partial charge in [0.15, 0.2) is 0 Å². The molecule has 0 aliphatic heterocycles. The van der Waals surface area contributed by atoms with E-state index in [4.69, 9.17) is 19.8 Å². The molecule has 0 saturated carbocycles. The smallest absolute Gasteiger partial charge is 0.412 e. The van der Waals surface area contributed by atoms with Gasteiger partial charge in [-0.05, 0) is 48.6 Å². The molecule has 8 nitrogen and oxygen atoms in total. The molecule has 0 radical (unpaired) electrons. The van der Waals surface area contributed by atoms with E-state index >= 15 is 0 Å². The molecule has 0 saturated heterocycles. The van der Waals surface area contributed by atoms with Gasteiger partial charge >= 0.3 is 6.09 Å². The largest absolute Gasteiger partial charge is 0.491 e. The maximum Gasteiger partial charge on any atom is 0.412 e. The molecular weight excluding hydrogens is 462 g/mol. The van der Waals surface area contributed by atoms with Gasteiger partial charge in [-0.1, -0.05) is 37.3 Å². The Morgan fingerprint density at radius 2 is 1.86 bits per heavy atom. The van der Waals surface area contributed by atoms with Crippen molar-refractivity contribution in [3.8, 4) is 5.75 Å². The molecule has 0 aromatic heterocycles. The molecular formula is C25H28F2N2O6. The zero-order valence-corrected chi connectivity index (χ0v) is 19.1. The minimum Gasteiger partial charge on any atom is -0.491 e. The van der Waals surface area contributed by atoms with E-state index in [2.05, 4.69) is 5.32 Å². The van der Waals surface area contributed by atoms with E-state index in [1.807, 2.05) is 13.0 Å². The van der Waals surface area contributed by atoms with Crippen LogP contribution in [0, 0.1) is 17.6 Å². The number of carbonyl (C=O) groups is 2. The van der Waals surface area contributed by atoms with Crippen LogP contribution in [0.1, 0.15) is 31.4 Å². The summed E-state index contributed by atoms with van der Waals surface area (Å²) in [6, 6.07) is 9.61. The van der Waals surface area contributed by atoms with Crippen molar-refractivity contribution in [1.82, 2.24) is 5.48 Å². The van der Waals surface area contributed by atoms with Gasteiger partial charge in [-0.2, -0.15) is 0 Å². The van der Waals surface area contributed by atoms with Gasteiger partial charge in [-0.3, -0.25) is 15.3 Å². The van der Waals surface area contributed by atoms with Crippen LogP contribution in [0.25, 0.3) is 0 Å². The number of hydrogen-bond acceptors (Lipinski definition) is 6. The predicted octanol–water partition coefficient (Wildman–Crippen LogP) is 4.66. The summed E-state index contributed by atoms with van der Waals surface area (Å²) in [4.78, 5) is 23.5. The van der Waals surface area contributed by atoms with E-state index in [1.54, 1.807) is 30.3 Å². The summed E-state index contributed by atoms with van der Waals surface area (Å²) in [7, 11) is 0. The number of ether oxygens (including phenoxy) is 2. The van der Waals surface area contributed by atoms with Crippen molar-refractivity contribution in [3.05, 3.63) is 84.0 Å². The van der Waals surface area contributed by atoms with Crippen LogP contribution in [0.2, 0.25) is 0 Å². The molecule has 4 N–H and O–H groups in total. The van der Waals surface area contributed by atoms with Crippen LogP contribution in [0.15, 0.2) is 66.8 Å². The van der Waals surface area contributed by atoms with Gasteiger partial charge in [-0.25, -0.2) is 19.1 Å². The predicted molar refractivity (Wildman–Crippen MR) is 125 cm³/mol. The van der Waals surface area contributed by atoms with Crippen LogP contribution < -0.4 is 15.5 Å². The lowest BCUT2D eigenvalue weighted by Crippen LogP contribution is -2.22. The lowest BCUT2D eigenvalue weighted by atomic mass is 9.93. The summed E-state index contributed by atoms with van der Waals surface area (Å²) in [5.74, 6) is -1.97. The average molecular weight is 491 g/mol. The Balaban J connectivity index is 2.10. The number of halogens is 2. The summed E-state index contributed by atoms with van der Waals surface area (Å²) in [6.07, 6.45) is 5.69. The van der Waals surface area contributed by atoms with Crippen LogP contribution in [0.4, 0.5) is 19.3 Å². The third-order valence-corrected chi connectivity index (χ3v) is 4.88. The molecule has 2 amide bonds. The standard InChI is InChI=1S/C25H28F2N2O6/c1-17(6-4-2-3-5-7-23(31)29-33)24(18-8-11-20(12-9-18)34-15-14-30)35-25(32)28-22-13-10-19(26)16-21(22)27/h2-3,5,7-13,16-17,24,30,33H,4,6,14-15H2,1H3,(H,28,32)(H,29,31)/b3-2+,7-5+/t17-,24-/m1/s1. The second-order valence-electron chi connectivity index (χ2n) is 7.53. The van der Waals surface area contributed by atoms with Crippen molar-refractivity contribution < 1.29 is 38.2 Å². The van der Waals surface area contributed by atoms with E-state index in [1.165, 1.54) is 11.6 Å². The topological polar surface area (TPSA) is 117 Å². The molecule has 2 aromatic carbocycles. The van der Waals surface area contributed by atoms with Crippen LogP contribution in [-0.4, -0.2) is 35.5 Å². The first-order valence-electron chi connectivity index (χ1n) is 10.9. The molecule has 0 aliphatic carbocycles. The number of allylic oxidation sites excluding steroid dienone is 3. The number of nitrogens with one attached hydrogen (secondary N) is 2. The molecule has 188 valence electrons. The minimum atomic E-state index is -0.926. The van der Waals surface area contributed by atoms with Crippen molar-refractivity contribution >= 4 is 17.7 Å². The van der Waals surface area contributed by atoms with Crippen molar-refractivity contribution in [1.29, 1.82) is 0 Å². The first-order valence-corrected chi connectivity index (χ1v) is 10.9. The normalized spacial score (nSPS) is 12.9. The Morgan fingerprint density at radius 3 is 2.51 bits per heavy atom. The number of anilines is 1. The van der Waals surface area contributed by atoms with Crippen LogP contribution in [0.5, 0.6) is 5.75 Å². The number of carbonyl (C=O) groups excluding carboxylic acids is 2. The van der Waals surface area contributed by atoms with E-state index in [0.717, 1.165) is 18.2 Å². The van der Waals surface area contributed by atoms with E-state index in [0.29, 0.717) is 30.2 Å². The van der Waals surface area contributed by atoms with Crippen LogP contribution >= 0.6 is 0 Å². The monoisotopic (exact) mass is 490 g/mol. The van der Waals surface area contributed by atoms with Crippen molar-refractivity contribution in [3.63, 3.8) is 0 Å². The Kier molecular flexibility index (Phi) is 11.4. The number of amides is 2. The zero-order chi connectivity index (χ0) is 25.6. The lowest BCUT2D eigenvalue weighted by Gasteiger charge is -2.25. The zero-order valence-electron chi connectivity index (χ0n) is 19.1. The van der Waals surface area contributed by atoms with Crippen LogP contribution in [0.3, 0.4) is 0 Å². The van der Waals surface area contributed by atoms with E-state index in [9.17, 15) is 18.4 Å². The Hall–Kier alpha value is -3.76. The summed E-state index contributed by atoms with van der Waals surface area (Å²) in [6.45, 7) is 1.90. The summed E-state index contributed by atoms with van der Waals surface area (Å²) in [5, 5.41) is 19.6. The van der Waals surface area contributed by atoms with Gasteiger partial charge in [0.2, 0.25) is 0 Å². The fraction of sp³-hybridized carbons (Fsp3) is 0.280. The third-order valence-electron chi connectivity index (χ3n) is 4.88. The van der Waals surface area contributed by atoms with Crippen molar-refractivity contribution in [2.45, 2.75) is 25.9 Å². The number of aliphatic hydroxyl groups is 1. The molecule has 0 bridgehead atoms. The molecule has 2 aromatic rings. The molecule has 0 unspecified atom stereocenters. The summed E-state index contributed by atoms with van der Waals surface area (Å²) < 4.78 is 38.0. The SMILES string of the molecule is C[C@H](CC/C=C/C=C/C(=O)NO)[C@@H](OC(=O)Nc1ccc(F)cc1F)c1ccc(OCCO)cc1. The first-order chi connectivity index (χ1) is 16.8. The average Bonchev–Trinajstić information content (AvgIpc) is 2.85. The van der Waals surface area contributed by atoms with Gasteiger partial charge in [0.25, 0.3) is 5.91 Å². The second-order valence-corrected chi connectivity index (χ2v) is 7.53. The highest BCUT2D eigenvalue weighted by atomic mass is 19.1. The van der Waals surface area contributed by atoms with Gasteiger partial charge in [0.1, 0.15) is 30.1 Å². The van der Waals surface area contributed by atoms with E-state index in [-0.39, 0.29) is 24.8 Å². The lowest BCUT2D eigenvalue weighted by molar-refractivity contribution is -0.124. The maximum absolute atomic E-state index is 13.9. The van der Waals surface area contributed by atoms with Gasteiger partial charge < -0.3 is 14.6 Å². The Bertz CT molecular complexity index is 1030. The number of hydrogen-bond donors (Lipinski definition) is 4. The fourth-order valence-corrected chi connectivity index (χ4v) is 3.14. The fourth-order valence-electron chi connectivity index (χ4n) is 3.14. The molecule has 0 fully saturated rings. The molecule has 2 atom stereocenters. The first kappa shape index (κ1) is 27.5. The minimum absolute atomic E-state index is 0.127. The molecule has 2 rings (SSSR count). The van der Waals surface area contributed by atoms with Crippen LogP contribution in [-0.2, 0) is 9.53 Å². The van der Waals surface area contributed by atoms with Crippen molar-refractivity contribution in [2.75, 3.05) is 18.5 Å². The molecule has 0 heterocycles. The number of aliphatic hydroxyl groups excluding tert-OH is 1. The Morgan fingerprint density at radius 1 is 1.11 bits per heavy atom. The third kappa shape index (κ3) is 9.55. The number of hydroxylamine groups is 1. The van der Waals surface area contributed by atoms with Crippen molar-refractivity contribution in [2.24, 2.45) is 5.92 Å². The van der Waals surface area contributed by atoms with Gasteiger partial charge in [0, 0.05) is 12.1 Å². The summed E-state index contributed by atoms with van der Waals surface area (Å²) >= 11 is 0. The number of benzene rings is 2. The molecule has 0 aliphatic rings. The molecule has 35 heavy (non-hydrogen) atoms. The van der Waals surface area contributed by atoms with Gasteiger partial charge in [-0.15, -0.1) is 0 Å².